The fourth-order valence-corrected chi connectivity index (χ4v) is 3.63. The van der Waals surface area contributed by atoms with E-state index < -0.39 is 0 Å². The molecule has 3 heteroatoms. The van der Waals surface area contributed by atoms with Gasteiger partial charge in [0.15, 0.2) is 0 Å². The molecule has 2 aromatic rings. The molecule has 0 aromatic heterocycles. The lowest BCUT2D eigenvalue weighted by atomic mass is 9.77. The molecule has 0 aliphatic carbocycles. The average Bonchev–Trinajstić information content (AvgIpc) is 2.48. The van der Waals surface area contributed by atoms with E-state index in [1.165, 1.54) is 11.1 Å². The Balaban J connectivity index is 1.97. The SMILES string of the molecule is Clc1ccc(C2CCNCC2c2ccccc2)c(Cl)c1. The van der Waals surface area contributed by atoms with Crippen LogP contribution in [0.1, 0.15) is 29.4 Å². The molecule has 2 aromatic carbocycles. The van der Waals surface area contributed by atoms with Crippen LogP contribution in [0.4, 0.5) is 0 Å². The Kier molecular flexibility index (Phi) is 4.30. The minimum atomic E-state index is 0.448. The molecule has 1 nitrogen and oxygen atoms in total. The molecule has 3 rings (SSSR count). The first-order valence-corrected chi connectivity index (χ1v) is 7.72. The van der Waals surface area contributed by atoms with Crippen LogP contribution in [0.3, 0.4) is 0 Å². The molecule has 1 saturated heterocycles. The third kappa shape index (κ3) is 2.85. The van der Waals surface area contributed by atoms with Crippen LogP contribution in [0, 0.1) is 0 Å². The van der Waals surface area contributed by atoms with Crippen molar-refractivity contribution >= 4 is 23.2 Å². The lowest BCUT2D eigenvalue weighted by Gasteiger charge is -2.33. The normalized spacial score (nSPS) is 22.7. The van der Waals surface area contributed by atoms with Gasteiger partial charge < -0.3 is 5.32 Å². The van der Waals surface area contributed by atoms with Crippen LogP contribution in [0.5, 0.6) is 0 Å². The Morgan fingerprint density at radius 1 is 0.950 bits per heavy atom. The van der Waals surface area contributed by atoms with Crippen molar-refractivity contribution in [2.75, 3.05) is 13.1 Å². The highest BCUT2D eigenvalue weighted by atomic mass is 35.5. The van der Waals surface area contributed by atoms with Crippen molar-refractivity contribution in [3.05, 3.63) is 69.7 Å². The molecular formula is C17H17Cl2N. The number of nitrogens with one attached hydrogen (secondary N) is 1. The zero-order valence-corrected chi connectivity index (χ0v) is 12.7. The lowest BCUT2D eigenvalue weighted by Crippen LogP contribution is -2.34. The number of rotatable bonds is 2. The van der Waals surface area contributed by atoms with E-state index in [1.54, 1.807) is 0 Å². The Labute approximate surface area is 129 Å². The van der Waals surface area contributed by atoms with E-state index in [9.17, 15) is 0 Å². The lowest BCUT2D eigenvalue weighted by molar-refractivity contribution is 0.404. The molecule has 104 valence electrons. The van der Waals surface area contributed by atoms with Gasteiger partial charge in [0.1, 0.15) is 0 Å². The van der Waals surface area contributed by atoms with Crippen molar-refractivity contribution < 1.29 is 0 Å². The maximum absolute atomic E-state index is 6.41. The minimum absolute atomic E-state index is 0.448. The first kappa shape index (κ1) is 13.9. The van der Waals surface area contributed by atoms with Crippen LogP contribution in [-0.2, 0) is 0 Å². The molecule has 1 aliphatic heterocycles. The van der Waals surface area contributed by atoms with Crippen molar-refractivity contribution in [3.63, 3.8) is 0 Å². The molecule has 1 heterocycles. The number of hydrogen-bond donors (Lipinski definition) is 1. The summed E-state index contributed by atoms with van der Waals surface area (Å²) in [5, 5.41) is 4.98. The van der Waals surface area contributed by atoms with Gasteiger partial charge in [-0.15, -0.1) is 0 Å². The van der Waals surface area contributed by atoms with Gasteiger partial charge in [-0.25, -0.2) is 0 Å². The largest absolute Gasteiger partial charge is 0.316 e. The first-order chi connectivity index (χ1) is 9.75. The summed E-state index contributed by atoms with van der Waals surface area (Å²) < 4.78 is 0. The molecule has 1 aliphatic rings. The molecule has 0 radical (unpaired) electrons. The summed E-state index contributed by atoms with van der Waals surface area (Å²) in [7, 11) is 0. The zero-order chi connectivity index (χ0) is 13.9. The van der Waals surface area contributed by atoms with Gasteiger partial charge in [-0.05, 0) is 42.1 Å². The maximum Gasteiger partial charge on any atom is 0.0455 e. The number of halogens is 2. The standard InChI is InChI=1S/C17H17Cl2N/c18-13-6-7-15(17(19)10-13)14-8-9-20-11-16(14)12-4-2-1-3-5-12/h1-7,10,14,16,20H,8-9,11H2. The van der Waals surface area contributed by atoms with E-state index in [0.29, 0.717) is 16.9 Å². The summed E-state index contributed by atoms with van der Waals surface area (Å²) in [5.41, 5.74) is 2.59. The quantitative estimate of drug-likeness (QED) is 0.836. The predicted octanol–water partition coefficient (Wildman–Crippen LogP) is 4.85. The monoisotopic (exact) mass is 305 g/mol. The molecule has 0 spiro atoms. The number of benzene rings is 2. The molecule has 0 amide bonds. The zero-order valence-electron chi connectivity index (χ0n) is 11.2. The Morgan fingerprint density at radius 2 is 1.75 bits per heavy atom. The smallest absolute Gasteiger partial charge is 0.0455 e. The molecule has 20 heavy (non-hydrogen) atoms. The second kappa shape index (κ2) is 6.17. The molecule has 2 unspecified atom stereocenters. The predicted molar refractivity (Wildman–Crippen MR) is 85.9 cm³/mol. The van der Waals surface area contributed by atoms with Crippen molar-refractivity contribution in [2.24, 2.45) is 0 Å². The summed E-state index contributed by atoms with van der Waals surface area (Å²) in [6.45, 7) is 2.03. The highest BCUT2D eigenvalue weighted by molar-refractivity contribution is 6.35. The Hall–Kier alpha value is -1.02. The number of hydrogen-bond acceptors (Lipinski definition) is 1. The van der Waals surface area contributed by atoms with E-state index in [1.807, 2.05) is 12.1 Å². The van der Waals surface area contributed by atoms with Gasteiger partial charge in [-0.2, -0.15) is 0 Å². The van der Waals surface area contributed by atoms with Crippen LogP contribution in [0.25, 0.3) is 0 Å². The molecular weight excluding hydrogens is 289 g/mol. The molecule has 2 atom stereocenters. The molecule has 1 fully saturated rings. The Bertz CT molecular complexity index is 583. The van der Waals surface area contributed by atoms with Crippen LogP contribution in [0.2, 0.25) is 10.0 Å². The van der Waals surface area contributed by atoms with E-state index in [0.717, 1.165) is 24.5 Å². The van der Waals surface area contributed by atoms with Gasteiger partial charge >= 0.3 is 0 Å². The van der Waals surface area contributed by atoms with Gasteiger partial charge in [0, 0.05) is 22.5 Å². The molecule has 1 N–H and O–H groups in total. The summed E-state index contributed by atoms with van der Waals surface area (Å²) in [5.74, 6) is 0.909. The number of piperidine rings is 1. The second-order valence-corrected chi connectivity index (χ2v) is 6.13. The first-order valence-electron chi connectivity index (χ1n) is 6.96. The fourth-order valence-electron chi connectivity index (χ4n) is 3.08. The van der Waals surface area contributed by atoms with E-state index in [-0.39, 0.29) is 0 Å². The van der Waals surface area contributed by atoms with Gasteiger partial charge in [0.2, 0.25) is 0 Å². The average molecular weight is 306 g/mol. The van der Waals surface area contributed by atoms with Gasteiger partial charge in [0.05, 0.1) is 0 Å². The topological polar surface area (TPSA) is 12.0 Å². The van der Waals surface area contributed by atoms with Gasteiger partial charge in [0.25, 0.3) is 0 Å². The third-order valence-corrected chi connectivity index (χ3v) is 4.63. The van der Waals surface area contributed by atoms with Crippen LogP contribution in [0.15, 0.2) is 48.5 Å². The van der Waals surface area contributed by atoms with Crippen molar-refractivity contribution in [2.45, 2.75) is 18.3 Å². The molecule has 0 bridgehead atoms. The summed E-state index contributed by atoms with van der Waals surface area (Å²) >= 11 is 12.4. The maximum atomic E-state index is 6.41. The summed E-state index contributed by atoms with van der Waals surface area (Å²) in [6, 6.07) is 16.5. The van der Waals surface area contributed by atoms with E-state index in [2.05, 4.69) is 41.7 Å². The summed E-state index contributed by atoms with van der Waals surface area (Å²) in [4.78, 5) is 0. The highest BCUT2D eigenvalue weighted by Crippen LogP contribution is 2.40. The van der Waals surface area contributed by atoms with Crippen LogP contribution >= 0.6 is 23.2 Å². The third-order valence-electron chi connectivity index (χ3n) is 4.07. The molecule has 0 saturated carbocycles. The second-order valence-electron chi connectivity index (χ2n) is 5.28. The Morgan fingerprint density at radius 3 is 2.50 bits per heavy atom. The highest BCUT2D eigenvalue weighted by Gasteiger charge is 2.28. The fraction of sp³-hybridized carbons (Fsp3) is 0.294. The van der Waals surface area contributed by atoms with Crippen LogP contribution in [-0.4, -0.2) is 13.1 Å². The summed E-state index contributed by atoms with van der Waals surface area (Å²) in [6.07, 6.45) is 1.10. The van der Waals surface area contributed by atoms with E-state index >= 15 is 0 Å². The van der Waals surface area contributed by atoms with Crippen molar-refractivity contribution in [1.82, 2.24) is 5.32 Å². The van der Waals surface area contributed by atoms with Gasteiger partial charge in [-0.3, -0.25) is 0 Å². The minimum Gasteiger partial charge on any atom is -0.316 e. The van der Waals surface area contributed by atoms with Crippen LogP contribution < -0.4 is 5.32 Å². The van der Waals surface area contributed by atoms with Gasteiger partial charge in [-0.1, -0.05) is 59.6 Å². The van der Waals surface area contributed by atoms with E-state index in [4.69, 9.17) is 23.2 Å². The van der Waals surface area contributed by atoms with Crippen molar-refractivity contribution in [3.8, 4) is 0 Å². The van der Waals surface area contributed by atoms with Crippen molar-refractivity contribution in [1.29, 1.82) is 0 Å².